The second kappa shape index (κ2) is 5.55. The molecule has 0 aromatic heterocycles. The van der Waals surface area contributed by atoms with Crippen molar-refractivity contribution in [1.82, 2.24) is 0 Å². The van der Waals surface area contributed by atoms with Gasteiger partial charge in [-0.3, -0.25) is 4.79 Å². The minimum Gasteiger partial charge on any atom is -0.481 e. The quantitative estimate of drug-likeness (QED) is 0.865. The number of carboxylic acid groups (broad SMARTS) is 1. The maximum Gasteiger partial charge on any atom is 0.311 e. The van der Waals surface area contributed by atoms with E-state index in [-0.39, 0.29) is 5.92 Å². The molecule has 1 fully saturated rings. The zero-order valence-corrected chi connectivity index (χ0v) is 11.2. The number of hydrogen-bond donors (Lipinski definition) is 1. The number of aliphatic carboxylic acids is 1. The maximum absolute atomic E-state index is 11.5. The van der Waals surface area contributed by atoms with E-state index in [4.69, 9.17) is 0 Å². The lowest BCUT2D eigenvalue weighted by atomic mass is 9.84. The highest BCUT2D eigenvalue weighted by molar-refractivity contribution is 5.76. The molecule has 1 atom stereocenters. The van der Waals surface area contributed by atoms with Crippen LogP contribution in [-0.4, -0.2) is 11.1 Å². The molecule has 2 rings (SSSR count). The molecule has 0 aliphatic heterocycles. The van der Waals surface area contributed by atoms with Crippen LogP contribution in [0.2, 0.25) is 0 Å². The third-order valence-electron chi connectivity index (χ3n) is 4.10. The first-order valence-electron chi connectivity index (χ1n) is 6.92. The normalized spacial score (nSPS) is 18.2. The van der Waals surface area contributed by atoms with E-state index >= 15 is 0 Å². The summed E-state index contributed by atoms with van der Waals surface area (Å²) in [6.45, 7) is 4.31. The van der Waals surface area contributed by atoms with Crippen molar-refractivity contribution in [3.63, 3.8) is 0 Å². The summed E-state index contributed by atoms with van der Waals surface area (Å²) >= 11 is 0. The van der Waals surface area contributed by atoms with E-state index in [0.29, 0.717) is 11.8 Å². The summed E-state index contributed by atoms with van der Waals surface area (Å²) in [5, 5.41) is 9.47. The van der Waals surface area contributed by atoms with Gasteiger partial charge in [-0.25, -0.2) is 0 Å². The van der Waals surface area contributed by atoms with E-state index in [0.717, 1.165) is 18.4 Å². The highest BCUT2D eigenvalue weighted by atomic mass is 16.4. The Hall–Kier alpha value is -1.31. The fraction of sp³-hybridized carbons (Fsp3) is 0.562. The average Bonchev–Trinajstić information content (AvgIpc) is 2.83. The van der Waals surface area contributed by atoms with E-state index in [2.05, 4.69) is 26.0 Å². The monoisotopic (exact) mass is 246 g/mol. The molecule has 1 unspecified atom stereocenters. The predicted molar refractivity (Wildman–Crippen MR) is 72.9 cm³/mol. The first kappa shape index (κ1) is 13.1. The average molecular weight is 246 g/mol. The van der Waals surface area contributed by atoms with Gasteiger partial charge in [0.15, 0.2) is 0 Å². The molecule has 98 valence electrons. The molecule has 0 heterocycles. The number of hydrogen-bond acceptors (Lipinski definition) is 1. The van der Waals surface area contributed by atoms with E-state index in [1.165, 1.54) is 18.4 Å². The number of carboxylic acids is 1. The molecule has 0 saturated heterocycles. The molecule has 2 heteroatoms. The molecular weight excluding hydrogens is 224 g/mol. The van der Waals surface area contributed by atoms with Gasteiger partial charge in [0.05, 0.1) is 5.92 Å². The SMILES string of the molecule is CC(C)c1ccc(C(C(=O)O)C2CCCC2)cc1. The van der Waals surface area contributed by atoms with Gasteiger partial charge in [0.25, 0.3) is 0 Å². The zero-order valence-electron chi connectivity index (χ0n) is 11.2. The standard InChI is InChI=1S/C16H22O2/c1-11(2)12-7-9-14(10-8-12)15(16(17)18)13-5-3-4-6-13/h7-11,13,15H,3-6H2,1-2H3,(H,17,18). The lowest BCUT2D eigenvalue weighted by molar-refractivity contribution is -0.140. The first-order valence-corrected chi connectivity index (χ1v) is 6.92. The van der Waals surface area contributed by atoms with Gasteiger partial charge in [-0.15, -0.1) is 0 Å². The Labute approximate surface area is 109 Å². The van der Waals surface area contributed by atoms with Crippen LogP contribution in [0.5, 0.6) is 0 Å². The topological polar surface area (TPSA) is 37.3 Å². The molecule has 1 aromatic carbocycles. The van der Waals surface area contributed by atoms with Gasteiger partial charge in [-0.05, 0) is 35.8 Å². The maximum atomic E-state index is 11.5. The van der Waals surface area contributed by atoms with E-state index < -0.39 is 5.97 Å². The molecule has 0 spiro atoms. The summed E-state index contributed by atoms with van der Waals surface area (Å²) in [5.41, 5.74) is 2.24. The summed E-state index contributed by atoms with van der Waals surface area (Å²) in [7, 11) is 0. The Morgan fingerprint density at radius 2 is 1.61 bits per heavy atom. The molecule has 0 bridgehead atoms. The van der Waals surface area contributed by atoms with Crippen LogP contribution in [0.25, 0.3) is 0 Å². The van der Waals surface area contributed by atoms with Crippen LogP contribution >= 0.6 is 0 Å². The van der Waals surface area contributed by atoms with Crippen LogP contribution in [0, 0.1) is 5.92 Å². The summed E-state index contributed by atoms with van der Waals surface area (Å²) in [4.78, 5) is 11.5. The van der Waals surface area contributed by atoms with Gasteiger partial charge in [0, 0.05) is 0 Å². The molecule has 2 nitrogen and oxygen atoms in total. The zero-order chi connectivity index (χ0) is 13.1. The van der Waals surface area contributed by atoms with Crippen molar-refractivity contribution in [2.24, 2.45) is 5.92 Å². The Bertz CT molecular complexity index is 400. The van der Waals surface area contributed by atoms with Gasteiger partial charge < -0.3 is 5.11 Å². The van der Waals surface area contributed by atoms with E-state index in [1.54, 1.807) is 0 Å². The molecular formula is C16H22O2. The van der Waals surface area contributed by atoms with E-state index in [1.807, 2.05) is 12.1 Å². The molecule has 1 aliphatic rings. The molecule has 0 radical (unpaired) electrons. The van der Waals surface area contributed by atoms with E-state index in [9.17, 15) is 9.90 Å². The van der Waals surface area contributed by atoms with Crippen molar-refractivity contribution in [3.05, 3.63) is 35.4 Å². The van der Waals surface area contributed by atoms with Crippen LogP contribution in [-0.2, 0) is 4.79 Å². The van der Waals surface area contributed by atoms with Gasteiger partial charge in [-0.1, -0.05) is 51.0 Å². The smallest absolute Gasteiger partial charge is 0.311 e. The van der Waals surface area contributed by atoms with Crippen molar-refractivity contribution >= 4 is 5.97 Å². The molecule has 0 amide bonds. The molecule has 1 aromatic rings. The summed E-state index contributed by atoms with van der Waals surface area (Å²) in [6, 6.07) is 8.16. The molecule has 1 saturated carbocycles. The minimum absolute atomic E-state index is 0.311. The second-order valence-electron chi connectivity index (χ2n) is 5.68. The minimum atomic E-state index is -0.667. The summed E-state index contributed by atoms with van der Waals surface area (Å²) in [6.07, 6.45) is 4.48. The van der Waals surface area contributed by atoms with Gasteiger partial charge >= 0.3 is 5.97 Å². The molecule has 1 N–H and O–H groups in total. The Kier molecular flexibility index (Phi) is 4.05. The van der Waals surface area contributed by atoms with Crippen LogP contribution in [0.15, 0.2) is 24.3 Å². The largest absolute Gasteiger partial charge is 0.481 e. The van der Waals surface area contributed by atoms with Gasteiger partial charge in [0.2, 0.25) is 0 Å². The Balaban J connectivity index is 2.22. The lowest BCUT2D eigenvalue weighted by Crippen LogP contribution is -2.19. The number of rotatable bonds is 4. The summed E-state index contributed by atoms with van der Waals surface area (Å²) < 4.78 is 0. The second-order valence-corrected chi connectivity index (χ2v) is 5.68. The fourth-order valence-corrected chi connectivity index (χ4v) is 3.00. The van der Waals surface area contributed by atoms with Crippen molar-refractivity contribution in [2.75, 3.05) is 0 Å². The van der Waals surface area contributed by atoms with Crippen molar-refractivity contribution in [3.8, 4) is 0 Å². The lowest BCUT2D eigenvalue weighted by Gasteiger charge is -2.20. The van der Waals surface area contributed by atoms with Crippen LogP contribution in [0.4, 0.5) is 0 Å². The molecule has 1 aliphatic carbocycles. The third kappa shape index (κ3) is 2.74. The van der Waals surface area contributed by atoms with Gasteiger partial charge in [0.1, 0.15) is 0 Å². The van der Waals surface area contributed by atoms with Crippen LogP contribution in [0.3, 0.4) is 0 Å². The van der Waals surface area contributed by atoms with Crippen molar-refractivity contribution in [1.29, 1.82) is 0 Å². The predicted octanol–water partition coefficient (Wildman–Crippen LogP) is 4.17. The van der Waals surface area contributed by atoms with Crippen molar-refractivity contribution < 1.29 is 9.90 Å². The first-order chi connectivity index (χ1) is 8.59. The highest BCUT2D eigenvalue weighted by Crippen LogP contribution is 2.37. The molecule has 18 heavy (non-hydrogen) atoms. The third-order valence-corrected chi connectivity index (χ3v) is 4.10. The van der Waals surface area contributed by atoms with Crippen LogP contribution in [0.1, 0.15) is 62.5 Å². The fourth-order valence-electron chi connectivity index (χ4n) is 3.00. The Morgan fingerprint density at radius 3 is 2.06 bits per heavy atom. The Morgan fingerprint density at radius 1 is 1.11 bits per heavy atom. The number of carbonyl (C=O) groups is 1. The van der Waals surface area contributed by atoms with Crippen LogP contribution < -0.4 is 0 Å². The highest BCUT2D eigenvalue weighted by Gasteiger charge is 2.31. The van der Waals surface area contributed by atoms with Crippen molar-refractivity contribution in [2.45, 2.75) is 51.4 Å². The summed E-state index contributed by atoms with van der Waals surface area (Å²) in [5.74, 6) is -0.158. The van der Waals surface area contributed by atoms with Gasteiger partial charge in [-0.2, -0.15) is 0 Å². The number of benzene rings is 1.